The van der Waals surface area contributed by atoms with Crippen LogP contribution in [-0.2, 0) is 5.41 Å². The molecule has 1 aliphatic carbocycles. The molecule has 0 unspecified atom stereocenters. The van der Waals surface area contributed by atoms with Crippen LogP contribution in [0.5, 0.6) is 0 Å². The molecule has 0 radical (unpaired) electrons. The fourth-order valence-electron chi connectivity index (χ4n) is 10.5. The molecule has 0 saturated carbocycles. The molecular weight excluding hydrogens is 755 g/mol. The van der Waals surface area contributed by atoms with Gasteiger partial charge in [0.05, 0.1) is 5.41 Å². The zero-order valence-corrected chi connectivity index (χ0v) is 33.6. The summed E-state index contributed by atoms with van der Waals surface area (Å²) >= 11 is 0. The highest BCUT2D eigenvalue weighted by atomic mass is 16.3. The fraction of sp³-hybridized carbons (Fsp3) is 0.0169. The Hall–Kier alpha value is -8.14. The standard InChI is InChI=1S/C59H37NO2/c1-3-15-40(16-4-1)59(41-17-5-2-6-18-41)52-23-11-9-20-47(52)48-34-31-44(37-53(48)59)60(43-32-35-55-51(36-43)49-21-10-12-24-54(49)61-55)42-29-26-39(27-30-42)45-22-13-25-56-57(45)50-33-28-38-14-7-8-19-46(38)58(50)62-56/h1-37H. The van der Waals surface area contributed by atoms with Crippen LogP contribution in [0.4, 0.5) is 17.1 Å². The van der Waals surface area contributed by atoms with Crippen molar-refractivity contribution in [3.63, 3.8) is 0 Å². The van der Waals surface area contributed by atoms with Crippen LogP contribution in [0.15, 0.2) is 233 Å². The lowest BCUT2D eigenvalue weighted by Crippen LogP contribution is -2.28. The first-order chi connectivity index (χ1) is 30.7. The number of hydrogen-bond donors (Lipinski definition) is 0. The van der Waals surface area contributed by atoms with Gasteiger partial charge in [0, 0.05) is 44.0 Å². The lowest BCUT2D eigenvalue weighted by atomic mass is 9.67. The zero-order chi connectivity index (χ0) is 40.8. The van der Waals surface area contributed by atoms with Gasteiger partial charge in [-0.3, -0.25) is 0 Å². The number of hydrogen-bond acceptors (Lipinski definition) is 3. The summed E-state index contributed by atoms with van der Waals surface area (Å²) in [7, 11) is 0. The van der Waals surface area contributed by atoms with Crippen molar-refractivity contribution in [3.8, 4) is 22.3 Å². The van der Waals surface area contributed by atoms with Gasteiger partial charge in [0.15, 0.2) is 0 Å². The highest BCUT2D eigenvalue weighted by Crippen LogP contribution is 2.57. The van der Waals surface area contributed by atoms with Crippen molar-refractivity contribution >= 4 is 71.7 Å². The Morgan fingerprint density at radius 1 is 0.339 bits per heavy atom. The number of fused-ring (bicyclic) bond motifs is 11. The molecule has 290 valence electrons. The van der Waals surface area contributed by atoms with Gasteiger partial charge < -0.3 is 13.7 Å². The minimum absolute atomic E-state index is 0.526. The number of furan rings is 2. The highest BCUT2D eigenvalue weighted by molar-refractivity contribution is 6.19. The Labute approximate surface area is 358 Å². The van der Waals surface area contributed by atoms with Crippen molar-refractivity contribution in [3.05, 3.63) is 247 Å². The Morgan fingerprint density at radius 3 is 1.77 bits per heavy atom. The molecule has 13 rings (SSSR count). The lowest BCUT2D eigenvalue weighted by Gasteiger charge is -2.35. The van der Waals surface area contributed by atoms with Crippen molar-refractivity contribution in [1.82, 2.24) is 0 Å². The van der Waals surface area contributed by atoms with Crippen LogP contribution in [0.25, 0.3) is 76.9 Å². The molecule has 0 saturated heterocycles. The Kier molecular flexibility index (Phi) is 7.52. The number of anilines is 3. The van der Waals surface area contributed by atoms with Crippen molar-refractivity contribution in [2.75, 3.05) is 4.90 Å². The Morgan fingerprint density at radius 2 is 0.952 bits per heavy atom. The molecule has 62 heavy (non-hydrogen) atoms. The van der Waals surface area contributed by atoms with Crippen LogP contribution >= 0.6 is 0 Å². The van der Waals surface area contributed by atoms with Crippen LogP contribution in [0, 0.1) is 0 Å². The van der Waals surface area contributed by atoms with Crippen molar-refractivity contribution in [2.24, 2.45) is 0 Å². The van der Waals surface area contributed by atoms with E-state index in [0.717, 1.165) is 77.5 Å². The molecule has 2 heterocycles. The number of rotatable bonds is 6. The molecular formula is C59H37NO2. The van der Waals surface area contributed by atoms with E-state index in [4.69, 9.17) is 8.83 Å². The highest BCUT2D eigenvalue weighted by Gasteiger charge is 2.46. The molecule has 0 amide bonds. The summed E-state index contributed by atoms with van der Waals surface area (Å²) in [5.41, 5.74) is 16.0. The average molecular weight is 792 g/mol. The first-order valence-electron chi connectivity index (χ1n) is 21.2. The monoisotopic (exact) mass is 791 g/mol. The first-order valence-corrected chi connectivity index (χ1v) is 21.2. The molecule has 2 aromatic heterocycles. The summed E-state index contributed by atoms with van der Waals surface area (Å²) in [5.74, 6) is 0. The summed E-state index contributed by atoms with van der Waals surface area (Å²) in [6.07, 6.45) is 0. The first kappa shape index (κ1) is 34.7. The van der Waals surface area contributed by atoms with Gasteiger partial charge in [0.1, 0.15) is 22.3 Å². The number of benzene rings is 10. The maximum Gasteiger partial charge on any atom is 0.143 e. The SMILES string of the molecule is c1ccc(C2(c3ccccc3)c3ccccc3-c3ccc(N(c4ccc(-c5cccc6oc7c8ccccc8ccc7c56)cc4)c4ccc5oc6ccccc6c5c4)cc32)cc1. The van der Waals surface area contributed by atoms with Crippen molar-refractivity contribution in [2.45, 2.75) is 5.41 Å². The third kappa shape index (κ3) is 5.00. The summed E-state index contributed by atoms with van der Waals surface area (Å²) in [5, 5.41) is 6.74. The van der Waals surface area contributed by atoms with E-state index in [-0.39, 0.29) is 0 Å². The largest absolute Gasteiger partial charge is 0.456 e. The van der Waals surface area contributed by atoms with Gasteiger partial charge in [-0.25, -0.2) is 0 Å². The second kappa shape index (κ2) is 13.4. The number of para-hydroxylation sites is 1. The third-order valence-corrected chi connectivity index (χ3v) is 13.1. The third-order valence-electron chi connectivity index (χ3n) is 13.1. The molecule has 3 heteroatoms. The molecule has 10 aromatic carbocycles. The van der Waals surface area contributed by atoms with E-state index in [9.17, 15) is 0 Å². The minimum Gasteiger partial charge on any atom is -0.456 e. The topological polar surface area (TPSA) is 29.5 Å². The fourth-order valence-corrected chi connectivity index (χ4v) is 10.5. The van der Waals surface area contributed by atoms with E-state index in [1.807, 2.05) is 12.1 Å². The Bertz CT molecular complexity index is 3650. The van der Waals surface area contributed by atoms with Crippen LogP contribution in [0.2, 0.25) is 0 Å². The summed E-state index contributed by atoms with van der Waals surface area (Å²) in [6.45, 7) is 0. The van der Waals surface area contributed by atoms with Crippen LogP contribution in [0.3, 0.4) is 0 Å². The van der Waals surface area contributed by atoms with Gasteiger partial charge in [-0.1, -0.05) is 164 Å². The van der Waals surface area contributed by atoms with Crippen LogP contribution < -0.4 is 4.90 Å². The summed E-state index contributed by atoms with van der Waals surface area (Å²) in [4.78, 5) is 2.40. The molecule has 0 bridgehead atoms. The maximum atomic E-state index is 6.59. The van der Waals surface area contributed by atoms with E-state index in [0.29, 0.717) is 0 Å². The predicted molar refractivity (Wildman–Crippen MR) is 256 cm³/mol. The average Bonchev–Trinajstić information content (AvgIpc) is 4.01. The molecule has 12 aromatic rings. The van der Waals surface area contributed by atoms with Gasteiger partial charge in [-0.05, 0) is 111 Å². The van der Waals surface area contributed by atoms with Crippen molar-refractivity contribution in [1.29, 1.82) is 0 Å². The van der Waals surface area contributed by atoms with Crippen molar-refractivity contribution < 1.29 is 8.83 Å². The van der Waals surface area contributed by atoms with Gasteiger partial charge in [0.2, 0.25) is 0 Å². The second-order valence-electron chi connectivity index (χ2n) is 16.4. The molecule has 3 nitrogen and oxygen atoms in total. The lowest BCUT2D eigenvalue weighted by molar-refractivity contribution is 0.669. The predicted octanol–water partition coefficient (Wildman–Crippen LogP) is 16.1. The normalized spacial score (nSPS) is 13.0. The quantitative estimate of drug-likeness (QED) is 0.168. The van der Waals surface area contributed by atoms with Gasteiger partial charge in [-0.2, -0.15) is 0 Å². The molecule has 0 fully saturated rings. The van der Waals surface area contributed by atoms with E-state index in [1.165, 1.54) is 38.8 Å². The van der Waals surface area contributed by atoms with Crippen LogP contribution in [-0.4, -0.2) is 0 Å². The second-order valence-corrected chi connectivity index (χ2v) is 16.4. The van der Waals surface area contributed by atoms with Gasteiger partial charge >= 0.3 is 0 Å². The molecule has 0 N–H and O–H groups in total. The zero-order valence-electron chi connectivity index (χ0n) is 33.6. The molecule has 0 aliphatic heterocycles. The minimum atomic E-state index is -0.526. The molecule has 0 spiro atoms. The molecule has 0 atom stereocenters. The smallest absolute Gasteiger partial charge is 0.143 e. The maximum absolute atomic E-state index is 6.59. The van der Waals surface area contributed by atoms with Gasteiger partial charge in [-0.15, -0.1) is 0 Å². The summed E-state index contributed by atoms with van der Waals surface area (Å²) in [6, 6.07) is 81.1. The number of nitrogens with zero attached hydrogens (tertiary/aromatic N) is 1. The molecule has 1 aliphatic rings. The van der Waals surface area contributed by atoms with E-state index in [2.05, 4.69) is 217 Å². The summed E-state index contributed by atoms with van der Waals surface area (Å²) < 4.78 is 12.9. The van der Waals surface area contributed by atoms with E-state index >= 15 is 0 Å². The van der Waals surface area contributed by atoms with Crippen LogP contribution in [0.1, 0.15) is 22.3 Å². The van der Waals surface area contributed by atoms with Gasteiger partial charge in [0.25, 0.3) is 0 Å². The van der Waals surface area contributed by atoms with E-state index < -0.39 is 5.41 Å². The Balaban J connectivity index is 1.02. The van der Waals surface area contributed by atoms with E-state index in [1.54, 1.807) is 0 Å².